The van der Waals surface area contributed by atoms with Crippen LogP contribution in [0.2, 0.25) is 0 Å². The topological polar surface area (TPSA) is 73.6 Å². The van der Waals surface area contributed by atoms with Crippen LogP contribution in [-0.4, -0.2) is 43.6 Å². The van der Waals surface area contributed by atoms with Gasteiger partial charge in [-0.15, -0.1) is 0 Å². The van der Waals surface area contributed by atoms with Crippen LogP contribution in [0.25, 0.3) is 0 Å². The molecule has 0 aromatic heterocycles. The van der Waals surface area contributed by atoms with Gasteiger partial charge in [-0.1, -0.05) is 13.3 Å². The van der Waals surface area contributed by atoms with E-state index in [2.05, 4.69) is 10.1 Å². The molecule has 0 aliphatic rings. The summed E-state index contributed by atoms with van der Waals surface area (Å²) in [6.45, 7) is 3.45. The summed E-state index contributed by atoms with van der Waals surface area (Å²) in [5, 5.41) is 0. The quantitative estimate of drug-likeness (QED) is 0.280. The van der Waals surface area contributed by atoms with Gasteiger partial charge in [0.1, 0.15) is 0 Å². The number of unbranched alkanes of at least 4 members (excludes halogenated alkanes) is 1. The number of nitrogens with one attached hydrogen (secondary N) is 1. The van der Waals surface area contributed by atoms with Crippen LogP contribution in [0.3, 0.4) is 0 Å². The second-order valence-electron chi connectivity index (χ2n) is 2.24. The van der Waals surface area contributed by atoms with Gasteiger partial charge < -0.3 is 10.3 Å². The zero-order valence-corrected chi connectivity index (χ0v) is 13.1. The second kappa shape index (κ2) is 12.9. The van der Waals surface area contributed by atoms with Crippen LogP contribution in [0.5, 0.6) is 0 Å². The predicted octanol–water partition coefficient (Wildman–Crippen LogP) is -0.244. The van der Waals surface area contributed by atoms with Crippen molar-refractivity contribution in [2.75, 3.05) is 19.7 Å². The summed E-state index contributed by atoms with van der Waals surface area (Å²) in [7, 11) is -2.35. The summed E-state index contributed by atoms with van der Waals surface area (Å²) >= 11 is 0. The van der Waals surface area contributed by atoms with Gasteiger partial charge in [0.15, 0.2) is 0 Å². The molecule has 2 radical (unpaired) electrons. The van der Waals surface area contributed by atoms with Gasteiger partial charge in [-0.2, -0.15) is 5.48 Å². The van der Waals surface area contributed by atoms with Crippen molar-refractivity contribution in [1.29, 1.82) is 0 Å². The monoisotopic (exact) mass is 318 g/mol. The molecule has 1 atom stereocenters. The third kappa shape index (κ3) is 12.9. The third-order valence-corrected chi connectivity index (χ3v) is 1.87. The molecule has 5 nitrogen and oxygen atoms in total. The van der Waals surface area contributed by atoms with Gasteiger partial charge in [-0.25, -0.2) is 4.62 Å². The molecule has 1 unspecified atom stereocenters. The van der Waals surface area contributed by atoms with Gasteiger partial charge in [-0.3, -0.25) is 4.57 Å². The summed E-state index contributed by atoms with van der Waals surface area (Å²) in [4.78, 5) is 0. The van der Waals surface area contributed by atoms with Crippen molar-refractivity contribution in [2.45, 2.75) is 19.8 Å². The molecule has 0 spiro atoms. The van der Waals surface area contributed by atoms with Gasteiger partial charge >= 0.3 is 32.2 Å². The maximum atomic E-state index is 10.8. The normalized spacial score (nSPS) is 12.2. The van der Waals surface area contributed by atoms with E-state index >= 15 is 0 Å². The number of nitrogens with two attached hydrogens (primary N) is 1. The van der Waals surface area contributed by atoms with Gasteiger partial charge in [0, 0.05) is 13.1 Å². The number of hydrogen-bond donors (Lipinski definition) is 2. The fourth-order valence-electron chi connectivity index (χ4n) is 0.498. The molecule has 0 fully saturated rings. The summed E-state index contributed by atoms with van der Waals surface area (Å²) in [5.74, 6) is 0. The molecule has 0 rings (SSSR count). The van der Waals surface area contributed by atoms with E-state index in [0.717, 1.165) is 12.8 Å². The predicted molar refractivity (Wildman–Crippen MR) is 56.5 cm³/mol. The molecule has 0 aromatic rings. The van der Waals surface area contributed by atoms with E-state index < -0.39 is 8.25 Å². The molecule has 7 heteroatoms. The fourth-order valence-corrected chi connectivity index (χ4v) is 1.09. The van der Waals surface area contributed by atoms with Crippen molar-refractivity contribution >= 4 is 32.2 Å². The van der Waals surface area contributed by atoms with Crippen molar-refractivity contribution in [3.05, 3.63) is 0 Å². The Hall–Kier alpha value is 0.869. The molecule has 13 heavy (non-hydrogen) atoms. The Labute approximate surface area is 96.6 Å². The van der Waals surface area contributed by atoms with Gasteiger partial charge in [0.05, 0.1) is 6.61 Å². The van der Waals surface area contributed by atoms with Crippen molar-refractivity contribution in [1.82, 2.24) is 5.48 Å². The first kappa shape index (κ1) is 16.3. The van der Waals surface area contributed by atoms with Crippen LogP contribution < -0.4 is 11.2 Å². The molecular weight excluding hydrogens is 298 g/mol. The minimum atomic E-state index is -2.35. The summed E-state index contributed by atoms with van der Waals surface area (Å²) < 4.78 is 20.3. The first-order valence-electron chi connectivity index (χ1n) is 4.07. The van der Waals surface area contributed by atoms with Crippen molar-refractivity contribution in [2.24, 2.45) is 5.73 Å². The molecule has 0 amide bonds. The average Bonchev–Trinajstić information content (AvgIpc) is 2.06. The number of rotatable bonds is 8. The van der Waals surface area contributed by atoms with E-state index in [-0.39, 0.29) is 23.9 Å². The van der Waals surface area contributed by atoms with Crippen LogP contribution in [0.15, 0.2) is 0 Å². The van der Waals surface area contributed by atoms with E-state index in [1.807, 2.05) is 6.92 Å². The molecule has 0 heterocycles. The molecule has 3 N–H and O–H groups in total. The van der Waals surface area contributed by atoms with Crippen LogP contribution in [0, 0.1) is 0 Å². The SMILES string of the molecule is CCCCO[PH](=O)ONCCN.[SnH2]. The molecule has 0 saturated heterocycles. The third-order valence-electron chi connectivity index (χ3n) is 1.12. The maximum absolute atomic E-state index is 10.8. The van der Waals surface area contributed by atoms with Gasteiger partial charge in [-0.05, 0) is 6.42 Å². The van der Waals surface area contributed by atoms with Crippen LogP contribution >= 0.6 is 8.25 Å². The molecule has 0 aromatic carbocycles. The van der Waals surface area contributed by atoms with E-state index in [1.165, 1.54) is 0 Å². The molecule has 0 aliphatic carbocycles. The minimum absolute atomic E-state index is 0. The van der Waals surface area contributed by atoms with E-state index in [9.17, 15) is 4.57 Å². The van der Waals surface area contributed by atoms with Crippen LogP contribution in [0.1, 0.15) is 19.8 Å². The second-order valence-corrected chi connectivity index (χ2v) is 3.23. The Morgan fingerprint density at radius 3 is 2.77 bits per heavy atom. The Morgan fingerprint density at radius 1 is 1.54 bits per heavy atom. The van der Waals surface area contributed by atoms with Crippen LogP contribution in [-0.2, 0) is 13.7 Å². The zero-order valence-electron chi connectivity index (χ0n) is 8.04. The summed E-state index contributed by atoms with van der Waals surface area (Å²) in [6.07, 6.45) is 1.92. The number of hydrogen-bond acceptors (Lipinski definition) is 5. The van der Waals surface area contributed by atoms with Crippen LogP contribution in [0.4, 0.5) is 0 Å². The summed E-state index contributed by atoms with van der Waals surface area (Å²) in [5.41, 5.74) is 7.61. The average molecular weight is 317 g/mol. The molecule has 80 valence electrons. The Kier molecular flexibility index (Phi) is 16.1. The Balaban J connectivity index is 0. The van der Waals surface area contributed by atoms with Crippen molar-refractivity contribution in [3.8, 4) is 0 Å². The fraction of sp³-hybridized carbons (Fsp3) is 1.00. The van der Waals surface area contributed by atoms with Gasteiger partial charge in [0.2, 0.25) is 0 Å². The molecular formula is C6H19N2O3PSn. The summed E-state index contributed by atoms with van der Waals surface area (Å²) in [6, 6.07) is 0. The van der Waals surface area contributed by atoms with E-state index in [4.69, 9.17) is 10.3 Å². The molecule has 0 saturated carbocycles. The Morgan fingerprint density at radius 2 is 2.23 bits per heavy atom. The molecule has 0 aliphatic heterocycles. The van der Waals surface area contributed by atoms with Gasteiger partial charge in [0.25, 0.3) is 0 Å². The Bertz CT molecular complexity index is 116. The first-order valence-corrected chi connectivity index (χ1v) is 5.30. The standard InChI is InChI=1S/C6H17N2O3P.Sn.2H/c1-2-3-6-10-12(9)11-8-5-4-7;;;/h8,12H,2-7H2,1H3;;;. The van der Waals surface area contributed by atoms with Crippen molar-refractivity contribution in [3.63, 3.8) is 0 Å². The molecule has 0 bridgehead atoms. The van der Waals surface area contributed by atoms with E-state index in [0.29, 0.717) is 19.7 Å². The zero-order chi connectivity index (χ0) is 9.23. The first-order chi connectivity index (χ1) is 5.81. The number of hydroxylamine groups is 1. The van der Waals surface area contributed by atoms with E-state index in [1.54, 1.807) is 0 Å². The van der Waals surface area contributed by atoms with Crippen molar-refractivity contribution < 1.29 is 13.7 Å².